The van der Waals surface area contributed by atoms with Crippen molar-refractivity contribution in [2.45, 2.75) is 26.8 Å². The fourth-order valence-corrected chi connectivity index (χ4v) is 2.58. The molecular weight excluding hydrogens is 272 g/mol. The zero-order valence-electron chi connectivity index (χ0n) is 9.17. The number of thiophene rings is 1. The average molecular weight is 287 g/mol. The van der Waals surface area contributed by atoms with Crippen LogP contribution in [0.5, 0.6) is 0 Å². The zero-order valence-corrected chi connectivity index (χ0v) is 11.6. The lowest BCUT2D eigenvalue weighted by molar-refractivity contribution is 0.417. The first-order chi connectivity index (χ1) is 6.94. The Labute approximate surface area is 103 Å². The first kappa shape index (κ1) is 12.7. The van der Waals surface area contributed by atoms with Gasteiger partial charge in [0.05, 0.1) is 11.5 Å². The minimum atomic E-state index is -0.303. The number of halogens is 1. The molecule has 82 valence electrons. The van der Waals surface area contributed by atoms with Crippen LogP contribution in [0.1, 0.15) is 31.7 Å². The van der Waals surface area contributed by atoms with Crippen molar-refractivity contribution >= 4 is 27.3 Å². The number of nitrogens with one attached hydrogen (secondary N) is 1. The second-order valence-electron chi connectivity index (χ2n) is 4.27. The Kier molecular flexibility index (Phi) is 4.32. The van der Waals surface area contributed by atoms with Gasteiger partial charge in [-0.25, -0.2) is 0 Å². The quantitative estimate of drug-likeness (QED) is 0.916. The second-order valence-corrected chi connectivity index (χ2v) is 6.12. The third-order valence-corrected chi connectivity index (χ3v) is 4.04. The van der Waals surface area contributed by atoms with Gasteiger partial charge in [0, 0.05) is 27.3 Å². The lowest BCUT2D eigenvalue weighted by Gasteiger charge is -2.19. The van der Waals surface area contributed by atoms with Crippen LogP contribution >= 0.6 is 27.3 Å². The smallest absolute Gasteiger partial charge is 0.0697 e. The van der Waals surface area contributed by atoms with Gasteiger partial charge < -0.3 is 5.32 Å². The summed E-state index contributed by atoms with van der Waals surface area (Å²) in [5, 5.41) is 14.3. The van der Waals surface area contributed by atoms with Gasteiger partial charge >= 0.3 is 0 Å². The van der Waals surface area contributed by atoms with E-state index in [0.717, 1.165) is 4.47 Å². The third-order valence-electron chi connectivity index (χ3n) is 2.17. The lowest BCUT2D eigenvalue weighted by atomic mass is 9.95. The maximum atomic E-state index is 8.89. The highest BCUT2D eigenvalue weighted by atomic mass is 79.9. The third kappa shape index (κ3) is 3.94. The average Bonchev–Trinajstić information content (AvgIpc) is 2.61. The molecule has 1 rings (SSSR count). The van der Waals surface area contributed by atoms with Crippen molar-refractivity contribution in [2.24, 2.45) is 5.41 Å². The molecule has 0 aliphatic carbocycles. The molecule has 0 spiro atoms. The highest BCUT2D eigenvalue weighted by Gasteiger charge is 2.18. The summed E-state index contributed by atoms with van der Waals surface area (Å²) in [5.41, 5.74) is -0.303. The van der Waals surface area contributed by atoms with Crippen molar-refractivity contribution in [3.05, 3.63) is 20.8 Å². The monoisotopic (exact) mass is 286 g/mol. The Hall–Kier alpha value is -0.370. The summed E-state index contributed by atoms with van der Waals surface area (Å²) >= 11 is 5.16. The second kappa shape index (κ2) is 5.11. The van der Waals surface area contributed by atoms with Crippen LogP contribution in [0.4, 0.5) is 0 Å². The van der Waals surface area contributed by atoms with Gasteiger partial charge in [-0.3, -0.25) is 0 Å². The summed E-state index contributed by atoms with van der Waals surface area (Å²) in [4.78, 5) is 1.29. The summed E-state index contributed by atoms with van der Waals surface area (Å²) < 4.78 is 1.12. The molecule has 0 amide bonds. The van der Waals surface area contributed by atoms with Crippen molar-refractivity contribution < 1.29 is 0 Å². The molecule has 0 fully saturated rings. The van der Waals surface area contributed by atoms with E-state index in [4.69, 9.17) is 5.26 Å². The van der Waals surface area contributed by atoms with Gasteiger partial charge in [-0.2, -0.15) is 5.26 Å². The number of rotatable bonds is 4. The Morgan fingerprint density at radius 2 is 2.33 bits per heavy atom. The van der Waals surface area contributed by atoms with Gasteiger partial charge in [0.25, 0.3) is 0 Å². The Balaban J connectivity index is 2.51. The maximum Gasteiger partial charge on any atom is 0.0697 e. The van der Waals surface area contributed by atoms with Crippen LogP contribution in [-0.2, 0) is 0 Å². The Morgan fingerprint density at radius 1 is 1.67 bits per heavy atom. The summed E-state index contributed by atoms with van der Waals surface area (Å²) in [6, 6.07) is 4.70. The SMILES string of the molecule is CC(NCC(C)(C)C#N)c1cc(Br)cs1. The van der Waals surface area contributed by atoms with Crippen LogP contribution in [0, 0.1) is 16.7 Å². The van der Waals surface area contributed by atoms with Gasteiger partial charge in [0.15, 0.2) is 0 Å². The number of hydrogen-bond donors (Lipinski definition) is 1. The molecular formula is C11H15BrN2S. The van der Waals surface area contributed by atoms with Crippen molar-refractivity contribution in [2.75, 3.05) is 6.54 Å². The van der Waals surface area contributed by atoms with E-state index in [1.165, 1.54) is 4.88 Å². The van der Waals surface area contributed by atoms with Gasteiger partial charge in [0.1, 0.15) is 0 Å². The molecule has 4 heteroatoms. The predicted molar refractivity (Wildman–Crippen MR) is 67.8 cm³/mol. The van der Waals surface area contributed by atoms with E-state index in [2.05, 4.69) is 45.7 Å². The molecule has 0 aliphatic heterocycles. The molecule has 0 radical (unpaired) electrons. The minimum absolute atomic E-state index is 0.300. The minimum Gasteiger partial charge on any atom is -0.308 e. The molecule has 0 aromatic carbocycles. The lowest BCUT2D eigenvalue weighted by Crippen LogP contribution is -2.29. The van der Waals surface area contributed by atoms with Crippen molar-refractivity contribution in [3.8, 4) is 6.07 Å². The highest BCUT2D eigenvalue weighted by Crippen LogP contribution is 2.25. The number of hydrogen-bond acceptors (Lipinski definition) is 3. The van der Waals surface area contributed by atoms with Crippen LogP contribution < -0.4 is 5.32 Å². The summed E-state index contributed by atoms with van der Waals surface area (Å²) in [5.74, 6) is 0. The Morgan fingerprint density at radius 3 is 2.80 bits per heavy atom. The number of nitriles is 1. The summed E-state index contributed by atoms with van der Waals surface area (Å²) in [7, 11) is 0. The van der Waals surface area contributed by atoms with Crippen LogP contribution in [0.25, 0.3) is 0 Å². The van der Waals surface area contributed by atoms with Crippen LogP contribution in [0.2, 0.25) is 0 Å². The fourth-order valence-electron chi connectivity index (χ4n) is 1.10. The Bertz CT molecular complexity index is 365. The molecule has 1 aromatic rings. The summed E-state index contributed by atoms with van der Waals surface area (Å²) in [6.45, 7) is 6.71. The van der Waals surface area contributed by atoms with E-state index >= 15 is 0 Å². The molecule has 0 aliphatic rings. The molecule has 15 heavy (non-hydrogen) atoms. The number of nitrogens with zero attached hydrogens (tertiary/aromatic N) is 1. The fraction of sp³-hybridized carbons (Fsp3) is 0.545. The van der Waals surface area contributed by atoms with E-state index in [9.17, 15) is 0 Å². The van der Waals surface area contributed by atoms with Crippen molar-refractivity contribution in [1.29, 1.82) is 5.26 Å². The van der Waals surface area contributed by atoms with E-state index in [-0.39, 0.29) is 5.41 Å². The normalized spacial score (nSPS) is 13.5. The van der Waals surface area contributed by atoms with Crippen LogP contribution in [0.15, 0.2) is 15.9 Å². The topological polar surface area (TPSA) is 35.8 Å². The standard InChI is InChI=1S/C11H15BrN2S/c1-8(10-4-9(12)5-15-10)14-7-11(2,3)6-13/h4-5,8,14H,7H2,1-3H3. The summed E-state index contributed by atoms with van der Waals surface area (Å²) in [6.07, 6.45) is 0. The predicted octanol–water partition coefficient (Wildman–Crippen LogP) is 3.71. The maximum absolute atomic E-state index is 8.89. The van der Waals surface area contributed by atoms with Crippen LogP contribution in [-0.4, -0.2) is 6.54 Å². The van der Waals surface area contributed by atoms with E-state index < -0.39 is 0 Å². The molecule has 1 aromatic heterocycles. The van der Waals surface area contributed by atoms with E-state index in [1.54, 1.807) is 11.3 Å². The molecule has 2 nitrogen and oxygen atoms in total. The molecule has 0 bridgehead atoms. The molecule has 0 saturated heterocycles. The molecule has 1 atom stereocenters. The molecule has 1 unspecified atom stereocenters. The molecule has 1 N–H and O–H groups in total. The molecule has 1 heterocycles. The van der Waals surface area contributed by atoms with Crippen LogP contribution in [0.3, 0.4) is 0 Å². The molecule has 0 saturated carbocycles. The van der Waals surface area contributed by atoms with Crippen molar-refractivity contribution in [1.82, 2.24) is 5.32 Å². The zero-order chi connectivity index (χ0) is 11.5. The van der Waals surface area contributed by atoms with Gasteiger partial charge in [-0.15, -0.1) is 11.3 Å². The van der Waals surface area contributed by atoms with Crippen molar-refractivity contribution in [3.63, 3.8) is 0 Å². The first-order valence-corrected chi connectivity index (χ1v) is 6.50. The van der Waals surface area contributed by atoms with Gasteiger partial charge in [-0.05, 0) is 42.8 Å². The van der Waals surface area contributed by atoms with E-state index in [0.29, 0.717) is 12.6 Å². The van der Waals surface area contributed by atoms with Gasteiger partial charge in [0.2, 0.25) is 0 Å². The first-order valence-electron chi connectivity index (χ1n) is 4.83. The van der Waals surface area contributed by atoms with E-state index in [1.807, 2.05) is 13.8 Å². The highest BCUT2D eigenvalue weighted by molar-refractivity contribution is 9.10. The largest absolute Gasteiger partial charge is 0.308 e. The van der Waals surface area contributed by atoms with Gasteiger partial charge in [-0.1, -0.05) is 0 Å².